The topological polar surface area (TPSA) is 12.9 Å². The van der Waals surface area contributed by atoms with Crippen LogP contribution in [0.15, 0.2) is 18.2 Å². The van der Waals surface area contributed by atoms with E-state index in [1.807, 2.05) is 13.0 Å². The molecule has 0 N–H and O–H groups in total. The number of hydrogen-bond acceptors (Lipinski definition) is 1. The predicted octanol–water partition coefficient (Wildman–Crippen LogP) is 4.89. The molecule has 1 fully saturated rings. The van der Waals surface area contributed by atoms with Crippen LogP contribution in [0.3, 0.4) is 0 Å². The highest BCUT2D eigenvalue weighted by molar-refractivity contribution is 6.33. The van der Waals surface area contributed by atoms with Gasteiger partial charge in [-0.1, -0.05) is 73.5 Å². The Balaban J connectivity index is 2.32. The first-order valence-corrected chi connectivity index (χ1v) is 8.56. The van der Waals surface area contributed by atoms with Gasteiger partial charge in [-0.05, 0) is 37.8 Å². The van der Waals surface area contributed by atoms with E-state index in [0.29, 0.717) is 16.1 Å². The van der Waals surface area contributed by atoms with E-state index in [1.165, 1.54) is 50.5 Å². The van der Waals surface area contributed by atoms with E-state index in [4.69, 9.17) is 23.2 Å². The molecule has 1 aromatic rings. The number of allylic oxidation sites excluding steroid dienone is 1. The molecule has 0 aliphatic heterocycles. The largest absolute Gasteiger partial charge is 0.236 e. The SMILES string of the molecule is C=C(/C=c1/c(Cl)cc(Cl)n/c1=C/C)C1CCCCCCC1. The molecule has 1 aliphatic carbocycles. The Morgan fingerprint density at radius 1 is 1.19 bits per heavy atom. The third-order valence-electron chi connectivity index (χ3n) is 4.24. The normalized spacial score (nSPS) is 19.4. The second-order valence-electron chi connectivity index (χ2n) is 5.78. The van der Waals surface area contributed by atoms with Crippen molar-refractivity contribution < 1.29 is 0 Å². The van der Waals surface area contributed by atoms with Crippen molar-refractivity contribution in [2.75, 3.05) is 0 Å². The van der Waals surface area contributed by atoms with Gasteiger partial charge in [-0.15, -0.1) is 0 Å². The molecule has 0 bridgehead atoms. The number of aromatic nitrogens is 1. The third-order valence-corrected chi connectivity index (χ3v) is 4.75. The van der Waals surface area contributed by atoms with Gasteiger partial charge in [0, 0.05) is 5.22 Å². The van der Waals surface area contributed by atoms with Gasteiger partial charge in [0.15, 0.2) is 0 Å². The second-order valence-corrected chi connectivity index (χ2v) is 6.57. The van der Waals surface area contributed by atoms with Crippen molar-refractivity contribution in [1.82, 2.24) is 4.98 Å². The van der Waals surface area contributed by atoms with Gasteiger partial charge in [-0.25, -0.2) is 4.98 Å². The van der Waals surface area contributed by atoms with Crippen LogP contribution in [-0.4, -0.2) is 4.98 Å². The molecule has 21 heavy (non-hydrogen) atoms. The van der Waals surface area contributed by atoms with E-state index in [9.17, 15) is 0 Å². The fourth-order valence-corrected chi connectivity index (χ4v) is 3.52. The fourth-order valence-electron chi connectivity index (χ4n) is 3.01. The van der Waals surface area contributed by atoms with Crippen LogP contribution in [0.1, 0.15) is 51.9 Å². The molecule has 1 saturated carbocycles. The molecule has 1 heterocycles. The summed E-state index contributed by atoms with van der Waals surface area (Å²) in [6, 6.07) is 1.70. The highest BCUT2D eigenvalue weighted by atomic mass is 35.5. The van der Waals surface area contributed by atoms with Crippen molar-refractivity contribution in [3.63, 3.8) is 0 Å². The smallest absolute Gasteiger partial charge is 0.131 e. The predicted molar refractivity (Wildman–Crippen MR) is 93.1 cm³/mol. The van der Waals surface area contributed by atoms with Gasteiger partial charge in [0.05, 0.1) is 10.4 Å². The van der Waals surface area contributed by atoms with E-state index in [0.717, 1.165) is 10.6 Å². The van der Waals surface area contributed by atoms with Crippen LogP contribution in [0.2, 0.25) is 10.2 Å². The van der Waals surface area contributed by atoms with E-state index < -0.39 is 0 Å². The summed E-state index contributed by atoms with van der Waals surface area (Å²) in [4.78, 5) is 4.34. The molecule has 2 rings (SSSR count). The molecule has 0 saturated heterocycles. The van der Waals surface area contributed by atoms with Crippen molar-refractivity contribution in [2.45, 2.75) is 51.9 Å². The average Bonchev–Trinajstić information content (AvgIpc) is 2.40. The molecule has 0 radical (unpaired) electrons. The summed E-state index contributed by atoms with van der Waals surface area (Å²) in [7, 11) is 0. The Morgan fingerprint density at radius 2 is 1.81 bits per heavy atom. The third kappa shape index (κ3) is 4.59. The van der Waals surface area contributed by atoms with Crippen LogP contribution in [-0.2, 0) is 0 Å². The van der Waals surface area contributed by atoms with Gasteiger partial charge >= 0.3 is 0 Å². The molecule has 0 unspecified atom stereocenters. The molecule has 0 atom stereocenters. The first-order chi connectivity index (χ1) is 10.1. The summed E-state index contributed by atoms with van der Waals surface area (Å²) in [5.74, 6) is 0.571. The molecule has 1 aliphatic rings. The van der Waals surface area contributed by atoms with Crippen LogP contribution < -0.4 is 10.6 Å². The zero-order valence-electron chi connectivity index (χ0n) is 12.7. The van der Waals surface area contributed by atoms with Crippen LogP contribution in [0.5, 0.6) is 0 Å². The van der Waals surface area contributed by atoms with Crippen molar-refractivity contribution in [3.05, 3.63) is 39.0 Å². The number of pyridine rings is 1. The van der Waals surface area contributed by atoms with Crippen molar-refractivity contribution in [1.29, 1.82) is 0 Å². The van der Waals surface area contributed by atoms with Gasteiger partial charge in [0.1, 0.15) is 5.15 Å². The van der Waals surface area contributed by atoms with E-state index in [-0.39, 0.29) is 0 Å². The van der Waals surface area contributed by atoms with Gasteiger partial charge in [0.2, 0.25) is 0 Å². The van der Waals surface area contributed by atoms with E-state index in [2.05, 4.69) is 17.6 Å². The first kappa shape index (κ1) is 16.6. The summed E-state index contributed by atoms with van der Waals surface area (Å²) in [6.45, 7) is 6.25. The lowest BCUT2D eigenvalue weighted by atomic mass is 9.86. The highest BCUT2D eigenvalue weighted by Gasteiger charge is 2.13. The number of halogens is 2. The van der Waals surface area contributed by atoms with Crippen LogP contribution >= 0.6 is 23.2 Å². The maximum absolute atomic E-state index is 6.34. The molecule has 114 valence electrons. The van der Waals surface area contributed by atoms with Gasteiger partial charge in [-0.2, -0.15) is 0 Å². The van der Waals surface area contributed by atoms with Crippen molar-refractivity contribution in [3.8, 4) is 0 Å². The fraction of sp³-hybridized carbons (Fsp3) is 0.500. The molecule has 3 heteroatoms. The molecular formula is C18H23Cl2N. The maximum Gasteiger partial charge on any atom is 0.131 e. The van der Waals surface area contributed by atoms with Gasteiger partial charge in [0.25, 0.3) is 0 Å². The van der Waals surface area contributed by atoms with Crippen molar-refractivity contribution in [2.24, 2.45) is 5.92 Å². The Kier molecular flexibility index (Phi) is 6.32. The van der Waals surface area contributed by atoms with Gasteiger partial charge < -0.3 is 0 Å². The van der Waals surface area contributed by atoms with Crippen LogP contribution in [0.25, 0.3) is 12.2 Å². The lowest BCUT2D eigenvalue weighted by molar-refractivity contribution is 0.428. The Bertz CT molecular complexity index is 611. The minimum absolute atomic E-state index is 0.432. The average molecular weight is 324 g/mol. The van der Waals surface area contributed by atoms with Crippen molar-refractivity contribution >= 4 is 35.4 Å². The number of rotatable bonds is 2. The summed E-state index contributed by atoms with van der Waals surface area (Å²) >= 11 is 12.3. The van der Waals surface area contributed by atoms with Crippen LogP contribution in [0, 0.1) is 5.92 Å². The first-order valence-electron chi connectivity index (χ1n) is 7.80. The van der Waals surface area contributed by atoms with Crippen LogP contribution in [0.4, 0.5) is 0 Å². The van der Waals surface area contributed by atoms with E-state index in [1.54, 1.807) is 6.07 Å². The summed E-state index contributed by atoms with van der Waals surface area (Å²) in [5, 5.41) is 2.85. The van der Waals surface area contributed by atoms with Gasteiger partial charge in [-0.3, -0.25) is 0 Å². The Hall–Kier alpha value is -0.790. The zero-order valence-corrected chi connectivity index (χ0v) is 14.2. The summed E-state index contributed by atoms with van der Waals surface area (Å²) in [6.07, 6.45) is 13.2. The monoisotopic (exact) mass is 323 g/mol. The molecular weight excluding hydrogens is 301 g/mol. The lowest BCUT2D eigenvalue weighted by Gasteiger charge is -2.20. The maximum atomic E-state index is 6.34. The number of hydrogen-bond donors (Lipinski definition) is 0. The molecule has 0 spiro atoms. The lowest BCUT2D eigenvalue weighted by Crippen LogP contribution is -2.29. The highest BCUT2D eigenvalue weighted by Crippen LogP contribution is 2.27. The zero-order chi connectivity index (χ0) is 15.2. The quantitative estimate of drug-likeness (QED) is 0.706. The summed E-state index contributed by atoms with van der Waals surface area (Å²) in [5.41, 5.74) is 1.17. The number of nitrogens with zero attached hydrogens (tertiary/aromatic N) is 1. The minimum Gasteiger partial charge on any atom is -0.236 e. The standard InChI is InChI=1S/C18H23Cl2N/c1-3-17-15(16(19)12-18(20)21-17)11-13(2)14-9-7-5-4-6-8-10-14/h3,11-12,14H,2,4-10H2,1H3/b15-11-,17-3+. The minimum atomic E-state index is 0.432. The Morgan fingerprint density at radius 3 is 2.43 bits per heavy atom. The Labute approximate surface area is 137 Å². The molecule has 1 nitrogen and oxygen atoms in total. The molecule has 0 amide bonds. The molecule has 1 aromatic heterocycles. The second kappa shape index (κ2) is 8.00. The summed E-state index contributed by atoms with van der Waals surface area (Å²) < 4.78 is 0. The molecule has 0 aromatic carbocycles. The van der Waals surface area contributed by atoms with E-state index >= 15 is 0 Å².